The van der Waals surface area contributed by atoms with Gasteiger partial charge >= 0.3 is 0 Å². The maximum absolute atomic E-state index is 12.5. The number of aromatic nitrogens is 1. The molecule has 128 valence electrons. The van der Waals surface area contributed by atoms with E-state index in [1.165, 1.54) is 5.56 Å². The van der Waals surface area contributed by atoms with Crippen molar-refractivity contribution in [2.24, 2.45) is 0 Å². The van der Waals surface area contributed by atoms with Crippen molar-refractivity contribution in [2.45, 2.75) is 25.8 Å². The molecule has 2 aromatic rings. The van der Waals surface area contributed by atoms with Crippen LogP contribution in [0.15, 0.2) is 54.9 Å². The monoisotopic (exact) mass is 325 g/mol. The van der Waals surface area contributed by atoms with Crippen molar-refractivity contribution in [3.05, 3.63) is 60.4 Å². The van der Waals surface area contributed by atoms with E-state index >= 15 is 0 Å². The van der Waals surface area contributed by atoms with Crippen molar-refractivity contribution in [1.29, 1.82) is 0 Å². The molecule has 24 heavy (non-hydrogen) atoms. The summed E-state index contributed by atoms with van der Waals surface area (Å²) in [7, 11) is 0. The summed E-state index contributed by atoms with van der Waals surface area (Å²) in [5.41, 5.74) is 1.39. The van der Waals surface area contributed by atoms with Gasteiger partial charge in [0.2, 0.25) is 5.91 Å². The highest BCUT2D eigenvalue weighted by atomic mass is 16.2. The SMILES string of the molecule is CC(CC(=O)N1CCN(CCc2ccccc2)CC1)n1cccc1. The van der Waals surface area contributed by atoms with Crippen LogP contribution in [0, 0.1) is 0 Å². The highest BCUT2D eigenvalue weighted by Crippen LogP contribution is 2.14. The number of hydrogen-bond donors (Lipinski definition) is 0. The molecule has 1 unspecified atom stereocenters. The summed E-state index contributed by atoms with van der Waals surface area (Å²) in [5.74, 6) is 0.277. The van der Waals surface area contributed by atoms with Gasteiger partial charge in [0.25, 0.3) is 0 Å². The third-order valence-corrected chi connectivity index (χ3v) is 4.89. The Balaban J connectivity index is 1.40. The highest BCUT2D eigenvalue weighted by Gasteiger charge is 2.22. The van der Waals surface area contributed by atoms with Crippen LogP contribution in [-0.4, -0.2) is 53.0 Å². The van der Waals surface area contributed by atoms with Crippen LogP contribution in [0.5, 0.6) is 0 Å². The van der Waals surface area contributed by atoms with E-state index in [0.29, 0.717) is 6.42 Å². The van der Waals surface area contributed by atoms with Crippen LogP contribution >= 0.6 is 0 Å². The number of nitrogens with zero attached hydrogens (tertiary/aromatic N) is 3. The third-order valence-electron chi connectivity index (χ3n) is 4.89. The van der Waals surface area contributed by atoms with Crippen LogP contribution in [0.25, 0.3) is 0 Å². The number of amides is 1. The Labute approximate surface area is 144 Å². The number of piperazine rings is 1. The van der Waals surface area contributed by atoms with Gasteiger partial charge in [-0.15, -0.1) is 0 Å². The van der Waals surface area contributed by atoms with Gasteiger partial charge in [-0.3, -0.25) is 9.69 Å². The molecule has 4 heteroatoms. The van der Waals surface area contributed by atoms with Gasteiger partial charge in [-0.25, -0.2) is 0 Å². The Morgan fingerprint density at radius 1 is 1.00 bits per heavy atom. The molecule has 0 spiro atoms. The zero-order chi connectivity index (χ0) is 16.8. The maximum atomic E-state index is 12.5. The second kappa shape index (κ2) is 8.15. The van der Waals surface area contributed by atoms with Crippen LogP contribution in [-0.2, 0) is 11.2 Å². The first-order valence-electron chi connectivity index (χ1n) is 8.89. The third kappa shape index (κ3) is 4.48. The van der Waals surface area contributed by atoms with Crippen LogP contribution in [0.1, 0.15) is 24.9 Å². The molecule has 3 rings (SSSR count). The van der Waals surface area contributed by atoms with Crippen LogP contribution in [0.3, 0.4) is 0 Å². The van der Waals surface area contributed by atoms with Gasteiger partial charge in [0, 0.05) is 57.6 Å². The Kier molecular flexibility index (Phi) is 5.70. The van der Waals surface area contributed by atoms with Crippen molar-refractivity contribution in [2.75, 3.05) is 32.7 Å². The fourth-order valence-corrected chi connectivity index (χ4v) is 3.28. The molecule has 1 aromatic carbocycles. The normalized spacial score (nSPS) is 17.0. The topological polar surface area (TPSA) is 28.5 Å². The average molecular weight is 325 g/mol. The molecule has 0 radical (unpaired) electrons. The molecule has 0 bridgehead atoms. The summed E-state index contributed by atoms with van der Waals surface area (Å²) >= 11 is 0. The summed E-state index contributed by atoms with van der Waals surface area (Å²) in [6.07, 6.45) is 5.72. The summed E-state index contributed by atoms with van der Waals surface area (Å²) < 4.78 is 2.11. The first kappa shape index (κ1) is 16.8. The van der Waals surface area contributed by atoms with Gasteiger partial charge in [0.1, 0.15) is 0 Å². The fraction of sp³-hybridized carbons (Fsp3) is 0.450. The molecule has 4 nitrogen and oxygen atoms in total. The number of carbonyl (C=O) groups is 1. The van der Waals surface area contributed by atoms with Gasteiger partial charge < -0.3 is 9.47 Å². The van der Waals surface area contributed by atoms with Crippen molar-refractivity contribution < 1.29 is 4.79 Å². The molecule has 1 saturated heterocycles. The molecule has 1 aromatic heterocycles. The predicted molar refractivity (Wildman–Crippen MR) is 96.9 cm³/mol. The van der Waals surface area contributed by atoms with E-state index < -0.39 is 0 Å². The molecular weight excluding hydrogens is 298 g/mol. The van der Waals surface area contributed by atoms with E-state index in [0.717, 1.165) is 39.1 Å². The standard InChI is InChI=1S/C20H27N3O/c1-18(22-10-5-6-11-22)17-20(24)23-15-13-21(14-16-23)12-9-19-7-3-2-4-8-19/h2-8,10-11,18H,9,12-17H2,1H3. The minimum Gasteiger partial charge on any atom is -0.351 e. The summed E-state index contributed by atoms with van der Waals surface area (Å²) in [5, 5.41) is 0. The molecule has 1 fully saturated rings. The first-order chi connectivity index (χ1) is 11.7. The average Bonchev–Trinajstić information content (AvgIpc) is 3.16. The molecule has 0 aliphatic carbocycles. The van der Waals surface area contributed by atoms with Gasteiger partial charge in [0.15, 0.2) is 0 Å². The van der Waals surface area contributed by atoms with E-state index in [4.69, 9.17) is 0 Å². The Bertz CT molecular complexity index is 616. The number of carbonyl (C=O) groups excluding carboxylic acids is 1. The molecule has 0 N–H and O–H groups in total. The second-order valence-corrected chi connectivity index (χ2v) is 6.64. The van der Waals surface area contributed by atoms with Gasteiger partial charge in [-0.2, -0.15) is 0 Å². The van der Waals surface area contributed by atoms with Crippen LogP contribution in [0.2, 0.25) is 0 Å². The molecule has 1 aliphatic rings. The lowest BCUT2D eigenvalue weighted by Gasteiger charge is -2.35. The molecule has 1 amide bonds. The molecular formula is C20H27N3O. The van der Waals surface area contributed by atoms with E-state index in [-0.39, 0.29) is 11.9 Å². The minimum absolute atomic E-state index is 0.226. The van der Waals surface area contributed by atoms with Crippen molar-refractivity contribution in [3.8, 4) is 0 Å². The van der Waals surface area contributed by atoms with Crippen LogP contribution in [0.4, 0.5) is 0 Å². The Morgan fingerprint density at radius 2 is 1.67 bits per heavy atom. The number of rotatable bonds is 6. The smallest absolute Gasteiger partial charge is 0.224 e. The predicted octanol–water partition coefficient (Wildman–Crippen LogP) is 2.83. The van der Waals surface area contributed by atoms with Crippen LogP contribution < -0.4 is 0 Å². The largest absolute Gasteiger partial charge is 0.351 e. The summed E-state index contributed by atoms with van der Waals surface area (Å²) in [6.45, 7) is 6.85. The molecule has 2 heterocycles. The van der Waals surface area contributed by atoms with Crippen molar-refractivity contribution in [3.63, 3.8) is 0 Å². The minimum atomic E-state index is 0.226. The lowest BCUT2D eigenvalue weighted by atomic mass is 10.1. The van der Waals surface area contributed by atoms with Crippen molar-refractivity contribution >= 4 is 5.91 Å². The first-order valence-corrected chi connectivity index (χ1v) is 8.89. The second-order valence-electron chi connectivity index (χ2n) is 6.64. The zero-order valence-corrected chi connectivity index (χ0v) is 14.5. The number of benzene rings is 1. The van der Waals surface area contributed by atoms with Gasteiger partial charge in [0.05, 0.1) is 0 Å². The molecule has 0 saturated carbocycles. The summed E-state index contributed by atoms with van der Waals surface area (Å²) in [4.78, 5) is 17.0. The highest BCUT2D eigenvalue weighted by molar-refractivity contribution is 5.76. The zero-order valence-electron chi connectivity index (χ0n) is 14.5. The lowest BCUT2D eigenvalue weighted by Crippen LogP contribution is -2.49. The van der Waals surface area contributed by atoms with Gasteiger partial charge in [-0.1, -0.05) is 30.3 Å². The lowest BCUT2D eigenvalue weighted by molar-refractivity contribution is -0.133. The fourth-order valence-electron chi connectivity index (χ4n) is 3.28. The molecule has 1 atom stereocenters. The van der Waals surface area contributed by atoms with E-state index in [9.17, 15) is 4.79 Å². The number of hydrogen-bond acceptors (Lipinski definition) is 2. The van der Waals surface area contributed by atoms with Crippen molar-refractivity contribution in [1.82, 2.24) is 14.4 Å². The Hall–Kier alpha value is -2.07. The van der Waals surface area contributed by atoms with E-state index in [2.05, 4.69) is 46.7 Å². The quantitative estimate of drug-likeness (QED) is 0.817. The summed E-state index contributed by atoms with van der Waals surface area (Å²) in [6, 6.07) is 14.9. The molecule has 1 aliphatic heterocycles. The van der Waals surface area contributed by atoms with E-state index in [1.807, 2.05) is 29.4 Å². The van der Waals surface area contributed by atoms with E-state index in [1.54, 1.807) is 0 Å². The maximum Gasteiger partial charge on any atom is 0.224 e. The van der Waals surface area contributed by atoms with Gasteiger partial charge in [-0.05, 0) is 31.0 Å². The Morgan fingerprint density at radius 3 is 2.33 bits per heavy atom.